The molecule has 0 saturated heterocycles. The molecule has 0 radical (unpaired) electrons. The molecule has 2 nitrogen and oxygen atoms in total. The van der Waals surface area contributed by atoms with Crippen molar-refractivity contribution in [1.29, 1.82) is 0 Å². The maximum atomic E-state index is 13.2. The Kier molecular flexibility index (Phi) is 4.03. The number of benzene rings is 1. The molecule has 0 atom stereocenters. The van der Waals surface area contributed by atoms with Gasteiger partial charge in [-0.25, -0.2) is 13.2 Å². The van der Waals surface area contributed by atoms with Crippen molar-refractivity contribution in [3.05, 3.63) is 28.5 Å². The summed E-state index contributed by atoms with van der Waals surface area (Å²) in [6.45, 7) is 0.710. The number of halogens is 4. The van der Waals surface area contributed by atoms with E-state index in [0.29, 0.717) is 6.92 Å². The number of hydrogen-bond acceptors (Lipinski definition) is 2. The van der Waals surface area contributed by atoms with E-state index in [0.717, 1.165) is 6.07 Å². The zero-order chi connectivity index (χ0) is 13.2. The second-order valence-corrected chi connectivity index (χ2v) is 4.24. The van der Waals surface area contributed by atoms with Crippen LogP contribution in [-0.4, -0.2) is 11.7 Å². The predicted octanol–water partition coefficient (Wildman–Crippen LogP) is 3.68. The number of hydrogen-bond donors (Lipinski definition) is 1. The lowest BCUT2D eigenvalue weighted by atomic mass is 10.0. The third-order valence-corrected chi connectivity index (χ3v) is 2.53. The van der Waals surface area contributed by atoms with Crippen molar-refractivity contribution in [3.8, 4) is 0 Å². The maximum absolute atomic E-state index is 13.2. The van der Waals surface area contributed by atoms with Crippen molar-refractivity contribution in [1.82, 2.24) is 0 Å². The Hall–Kier alpha value is -1.23. The maximum Gasteiger partial charge on any atom is 0.245 e. The number of carbonyl (C=O) groups excluding carboxylic acids is 1. The minimum Gasteiger partial charge on any atom is -0.399 e. The van der Waals surface area contributed by atoms with Crippen LogP contribution in [-0.2, 0) is 0 Å². The van der Waals surface area contributed by atoms with Gasteiger partial charge in [0.05, 0.1) is 5.02 Å². The first kappa shape index (κ1) is 13.8. The van der Waals surface area contributed by atoms with Crippen molar-refractivity contribution in [3.63, 3.8) is 0 Å². The number of rotatable bonds is 4. The number of nitrogen functional groups attached to an aromatic ring is 1. The molecule has 0 bridgehead atoms. The van der Waals surface area contributed by atoms with Crippen LogP contribution in [0.25, 0.3) is 0 Å². The summed E-state index contributed by atoms with van der Waals surface area (Å²) in [5.41, 5.74) is 5.22. The number of carbonyl (C=O) groups is 1. The lowest BCUT2D eigenvalue weighted by Crippen LogP contribution is -2.13. The molecule has 0 amide bonds. The third kappa shape index (κ3) is 3.93. The van der Waals surface area contributed by atoms with Crippen LogP contribution in [0.3, 0.4) is 0 Å². The number of nitrogens with two attached hydrogens (primary N) is 1. The van der Waals surface area contributed by atoms with Crippen LogP contribution < -0.4 is 5.73 Å². The van der Waals surface area contributed by atoms with Gasteiger partial charge in [0, 0.05) is 24.1 Å². The van der Waals surface area contributed by atoms with Gasteiger partial charge < -0.3 is 5.73 Å². The zero-order valence-electron chi connectivity index (χ0n) is 9.07. The lowest BCUT2D eigenvalue weighted by molar-refractivity contribution is 0.0113. The first-order valence-corrected chi connectivity index (χ1v) is 5.24. The first-order valence-electron chi connectivity index (χ1n) is 4.86. The molecule has 0 unspecified atom stereocenters. The molecule has 1 rings (SSSR count). The molecule has 0 aliphatic heterocycles. The van der Waals surface area contributed by atoms with E-state index in [9.17, 15) is 18.0 Å². The van der Waals surface area contributed by atoms with E-state index in [1.165, 1.54) is 6.07 Å². The number of ketones is 1. The molecule has 17 heavy (non-hydrogen) atoms. The molecule has 0 aliphatic rings. The van der Waals surface area contributed by atoms with Crippen LogP contribution in [0, 0.1) is 5.82 Å². The SMILES string of the molecule is CC(F)(F)CCC(=O)c1cc(N)cc(F)c1Cl. The Bertz CT molecular complexity index is 443. The molecular formula is C11H11ClF3NO. The Morgan fingerprint density at radius 2 is 2.06 bits per heavy atom. The molecule has 0 aromatic heterocycles. The average molecular weight is 266 g/mol. The normalized spacial score (nSPS) is 11.6. The van der Waals surface area contributed by atoms with E-state index in [-0.39, 0.29) is 16.3 Å². The molecule has 0 heterocycles. The van der Waals surface area contributed by atoms with Gasteiger partial charge in [-0.05, 0) is 19.1 Å². The molecule has 0 saturated carbocycles. The molecule has 2 N–H and O–H groups in total. The van der Waals surface area contributed by atoms with Crippen molar-refractivity contribution in [2.24, 2.45) is 0 Å². The van der Waals surface area contributed by atoms with E-state index in [1.807, 2.05) is 0 Å². The summed E-state index contributed by atoms with van der Waals surface area (Å²) in [4.78, 5) is 11.6. The van der Waals surface area contributed by atoms with E-state index in [2.05, 4.69) is 0 Å². The Morgan fingerprint density at radius 3 is 2.59 bits per heavy atom. The van der Waals surface area contributed by atoms with E-state index in [1.54, 1.807) is 0 Å². The van der Waals surface area contributed by atoms with Crippen LogP contribution in [0.4, 0.5) is 18.9 Å². The number of alkyl halides is 2. The van der Waals surface area contributed by atoms with E-state index in [4.69, 9.17) is 17.3 Å². The minimum absolute atomic E-state index is 0.0264. The quantitative estimate of drug-likeness (QED) is 0.667. The Balaban J connectivity index is 2.90. The predicted molar refractivity (Wildman–Crippen MR) is 60.0 cm³/mol. The van der Waals surface area contributed by atoms with Crippen LogP contribution >= 0.6 is 11.6 Å². The van der Waals surface area contributed by atoms with Gasteiger partial charge in [0.25, 0.3) is 0 Å². The summed E-state index contributed by atoms with van der Waals surface area (Å²) in [7, 11) is 0. The molecule has 94 valence electrons. The molecule has 6 heteroatoms. The molecule has 0 fully saturated rings. The fourth-order valence-electron chi connectivity index (χ4n) is 1.28. The third-order valence-electron chi connectivity index (χ3n) is 2.14. The van der Waals surface area contributed by atoms with Gasteiger partial charge in [-0.1, -0.05) is 11.6 Å². The summed E-state index contributed by atoms with van der Waals surface area (Å²) in [5.74, 6) is -4.43. The Morgan fingerprint density at radius 1 is 1.47 bits per heavy atom. The van der Waals surface area contributed by atoms with Crippen molar-refractivity contribution < 1.29 is 18.0 Å². The standard InChI is InChI=1S/C11H11ClF3NO/c1-11(14,15)3-2-9(17)7-4-6(16)5-8(13)10(7)12/h4-5H,2-3,16H2,1H3. The Labute approximate surface area is 102 Å². The molecular weight excluding hydrogens is 255 g/mol. The highest BCUT2D eigenvalue weighted by molar-refractivity contribution is 6.34. The topological polar surface area (TPSA) is 43.1 Å². The highest BCUT2D eigenvalue weighted by Gasteiger charge is 2.24. The van der Waals surface area contributed by atoms with Gasteiger partial charge >= 0.3 is 0 Å². The number of anilines is 1. The fourth-order valence-corrected chi connectivity index (χ4v) is 1.50. The van der Waals surface area contributed by atoms with Crippen molar-refractivity contribution >= 4 is 23.1 Å². The lowest BCUT2D eigenvalue weighted by Gasteiger charge is -2.10. The van der Waals surface area contributed by atoms with E-state index >= 15 is 0 Å². The van der Waals surface area contributed by atoms with E-state index < -0.39 is 30.4 Å². The van der Waals surface area contributed by atoms with Crippen LogP contribution in [0.5, 0.6) is 0 Å². The zero-order valence-corrected chi connectivity index (χ0v) is 9.82. The highest BCUT2D eigenvalue weighted by atomic mass is 35.5. The minimum atomic E-state index is -2.94. The van der Waals surface area contributed by atoms with Gasteiger partial charge in [-0.3, -0.25) is 4.79 Å². The fraction of sp³-hybridized carbons (Fsp3) is 0.364. The van der Waals surface area contributed by atoms with Crippen molar-refractivity contribution in [2.45, 2.75) is 25.7 Å². The average Bonchev–Trinajstić information content (AvgIpc) is 2.19. The van der Waals surface area contributed by atoms with Crippen LogP contribution in [0.2, 0.25) is 5.02 Å². The van der Waals surface area contributed by atoms with Crippen LogP contribution in [0.1, 0.15) is 30.1 Å². The summed E-state index contributed by atoms with van der Waals surface area (Å²) in [6, 6.07) is 2.15. The monoisotopic (exact) mass is 265 g/mol. The molecule has 0 aliphatic carbocycles. The molecule has 0 spiro atoms. The van der Waals surface area contributed by atoms with Gasteiger partial charge in [0.1, 0.15) is 5.82 Å². The van der Waals surface area contributed by atoms with Gasteiger partial charge in [0.2, 0.25) is 5.92 Å². The second-order valence-electron chi connectivity index (χ2n) is 3.86. The number of Topliss-reactive ketones (excluding diaryl/α,β-unsaturated/α-hetero) is 1. The smallest absolute Gasteiger partial charge is 0.245 e. The summed E-state index contributed by atoms with van der Waals surface area (Å²) < 4.78 is 38.3. The molecule has 1 aromatic rings. The summed E-state index contributed by atoms with van der Waals surface area (Å²) in [6.07, 6.45) is -1.02. The van der Waals surface area contributed by atoms with Gasteiger partial charge in [-0.15, -0.1) is 0 Å². The second kappa shape index (κ2) is 4.96. The van der Waals surface area contributed by atoms with Gasteiger partial charge in [-0.2, -0.15) is 0 Å². The molecule has 1 aromatic carbocycles. The van der Waals surface area contributed by atoms with Gasteiger partial charge in [0.15, 0.2) is 5.78 Å². The summed E-state index contributed by atoms with van der Waals surface area (Å²) >= 11 is 5.57. The first-order chi connectivity index (χ1) is 7.70. The summed E-state index contributed by atoms with van der Waals surface area (Å²) in [5, 5.41) is -0.386. The largest absolute Gasteiger partial charge is 0.399 e. The van der Waals surface area contributed by atoms with Crippen LogP contribution in [0.15, 0.2) is 12.1 Å². The highest BCUT2D eigenvalue weighted by Crippen LogP contribution is 2.26. The van der Waals surface area contributed by atoms with Crippen molar-refractivity contribution in [2.75, 3.05) is 5.73 Å².